The van der Waals surface area contributed by atoms with Crippen LogP contribution in [0.25, 0.3) is 0 Å². The molecule has 0 bridgehead atoms. The first-order valence-electron chi connectivity index (χ1n) is 1.84. The van der Waals surface area contributed by atoms with Gasteiger partial charge in [0, 0.05) is 5.41 Å². The standard InChI is InChI=1S/C4H6O3S/c1-7-4(6)3(5)2-8/h2,5,8H,1H3/b3-2+. The third-order valence-corrected chi connectivity index (χ3v) is 0.761. The molecule has 1 N–H and O–H groups in total. The molecule has 0 radical (unpaired) electrons. The SMILES string of the molecule is COC(=O)/C(O)=C\S. The van der Waals surface area contributed by atoms with E-state index in [-0.39, 0.29) is 0 Å². The number of hydrogen-bond acceptors (Lipinski definition) is 4. The molecule has 0 saturated carbocycles. The predicted octanol–water partition coefficient (Wildman–Crippen LogP) is 0.489. The zero-order valence-electron chi connectivity index (χ0n) is 4.29. The Morgan fingerprint density at radius 2 is 2.38 bits per heavy atom. The van der Waals surface area contributed by atoms with Gasteiger partial charge >= 0.3 is 5.97 Å². The Bertz CT molecular complexity index is 118. The molecule has 0 rings (SSSR count). The molecule has 0 heterocycles. The minimum Gasteiger partial charge on any atom is -0.501 e. The fraction of sp³-hybridized carbons (Fsp3) is 0.250. The second kappa shape index (κ2) is 3.37. The van der Waals surface area contributed by atoms with Crippen LogP contribution in [0.4, 0.5) is 0 Å². The third-order valence-electron chi connectivity index (χ3n) is 0.517. The van der Waals surface area contributed by atoms with Gasteiger partial charge in [0.15, 0.2) is 0 Å². The smallest absolute Gasteiger partial charge is 0.373 e. The van der Waals surface area contributed by atoms with Crippen molar-refractivity contribution < 1.29 is 14.6 Å². The summed E-state index contributed by atoms with van der Waals surface area (Å²) >= 11 is 3.50. The van der Waals surface area contributed by atoms with Crippen molar-refractivity contribution in [2.75, 3.05) is 7.11 Å². The molecular weight excluding hydrogens is 128 g/mol. The average Bonchev–Trinajstić information content (AvgIpc) is 1.84. The molecule has 46 valence electrons. The number of rotatable bonds is 1. The number of methoxy groups -OCH3 is 1. The highest BCUT2D eigenvalue weighted by Crippen LogP contribution is 1.91. The lowest BCUT2D eigenvalue weighted by atomic mass is 10.6. The molecule has 0 aliphatic heterocycles. The Kier molecular flexibility index (Phi) is 3.10. The minimum absolute atomic E-state index is 0.490. The van der Waals surface area contributed by atoms with Gasteiger partial charge in [0.2, 0.25) is 5.76 Å². The summed E-state index contributed by atoms with van der Waals surface area (Å²) in [5.41, 5.74) is 0. The van der Waals surface area contributed by atoms with Crippen LogP contribution in [0.3, 0.4) is 0 Å². The van der Waals surface area contributed by atoms with E-state index in [1.807, 2.05) is 0 Å². The molecule has 0 unspecified atom stereocenters. The van der Waals surface area contributed by atoms with Gasteiger partial charge in [-0.1, -0.05) is 0 Å². The quantitative estimate of drug-likeness (QED) is 0.237. The molecule has 8 heavy (non-hydrogen) atoms. The number of carbonyl (C=O) groups excluding carboxylic acids is 1. The maximum Gasteiger partial charge on any atom is 0.373 e. The fourth-order valence-electron chi connectivity index (χ4n) is 0.157. The molecule has 0 amide bonds. The van der Waals surface area contributed by atoms with Gasteiger partial charge in [0.05, 0.1) is 7.11 Å². The van der Waals surface area contributed by atoms with Gasteiger partial charge in [-0.15, -0.1) is 12.6 Å². The van der Waals surface area contributed by atoms with Crippen LogP contribution >= 0.6 is 12.6 Å². The Balaban J connectivity index is 3.83. The lowest BCUT2D eigenvalue weighted by Crippen LogP contribution is -2.02. The van der Waals surface area contributed by atoms with Gasteiger partial charge < -0.3 is 9.84 Å². The van der Waals surface area contributed by atoms with Gasteiger partial charge in [-0.3, -0.25) is 0 Å². The van der Waals surface area contributed by atoms with Crippen molar-refractivity contribution in [2.45, 2.75) is 0 Å². The minimum atomic E-state index is -0.778. The Morgan fingerprint density at radius 3 is 2.50 bits per heavy atom. The highest BCUT2D eigenvalue weighted by atomic mass is 32.1. The summed E-state index contributed by atoms with van der Waals surface area (Å²) in [5, 5.41) is 9.40. The average molecular weight is 134 g/mol. The van der Waals surface area contributed by atoms with E-state index in [0.717, 1.165) is 5.41 Å². The van der Waals surface area contributed by atoms with Crippen molar-refractivity contribution in [3.63, 3.8) is 0 Å². The Morgan fingerprint density at radius 1 is 1.88 bits per heavy atom. The van der Waals surface area contributed by atoms with Crippen LogP contribution in [-0.4, -0.2) is 18.2 Å². The number of carbonyl (C=O) groups is 1. The molecule has 0 fully saturated rings. The summed E-state index contributed by atoms with van der Waals surface area (Å²) in [5.74, 6) is -1.27. The van der Waals surface area contributed by atoms with E-state index < -0.39 is 11.7 Å². The maximum atomic E-state index is 10.2. The molecule has 0 atom stereocenters. The second-order valence-electron chi connectivity index (χ2n) is 1.01. The van der Waals surface area contributed by atoms with Crippen molar-refractivity contribution in [2.24, 2.45) is 0 Å². The van der Waals surface area contributed by atoms with Crippen LogP contribution in [-0.2, 0) is 9.53 Å². The van der Waals surface area contributed by atoms with Gasteiger partial charge in [0.1, 0.15) is 0 Å². The highest BCUT2D eigenvalue weighted by Gasteiger charge is 2.02. The van der Waals surface area contributed by atoms with E-state index in [1.165, 1.54) is 7.11 Å². The van der Waals surface area contributed by atoms with Gasteiger partial charge in [-0.05, 0) is 0 Å². The number of thiol groups is 1. The van der Waals surface area contributed by atoms with Crippen LogP contribution in [0.15, 0.2) is 11.2 Å². The number of aliphatic hydroxyl groups is 1. The molecule has 0 aromatic rings. The maximum absolute atomic E-state index is 10.2. The van der Waals surface area contributed by atoms with Crippen molar-refractivity contribution in [3.8, 4) is 0 Å². The first kappa shape index (κ1) is 7.36. The van der Waals surface area contributed by atoms with Crippen LogP contribution in [0.1, 0.15) is 0 Å². The molecule has 0 aromatic carbocycles. The Hall–Kier alpha value is -0.640. The second-order valence-corrected chi connectivity index (χ2v) is 1.26. The number of ether oxygens (including phenoxy) is 1. The van der Waals surface area contributed by atoms with E-state index in [0.29, 0.717) is 0 Å². The summed E-state index contributed by atoms with van der Waals surface area (Å²) < 4.78 is 4.10. The van der Waals surface area contributed by atoms with E-state index in [1.54, 1.807) is 0 Å². The lowest BCUT2D eigenvalue weighted by Gasteiger charge is -1.92. The largest absolute Gasteiger partial charge is 0.501 e. The molecule has 0 aliphatic rings. The normalized spacial score (nSPS) is 11.0. The number of esters is 1. The number of aliphatic hydroxyl groups excluding tert-OH is 1. The molecular formula is C4H6O3S. The Labute approximate surface area is 52.4 Å². The van der Waals surface area contributed by atoms with Crippen LogP contribution in [0.2, 0.25) is 0 Å². The fourth-order valence-corrected chi connectivity index (χ4v) is 0.263. The molecule has 0 spiro atoms. The van der Waals surface area contributed by atoms with E-state index in [2.05, 4.69) is 17.4 Å². The van der Waals surface area contributed by atoms with Crippen molar-refractivity contribution in [3.05, 3.63) is 11.2 Å². The van der Waals surface area contributed by atoms with Crippen molar-refractivity contribution >= 4 is 18.6 Å². The third kappa shape index (κ3) is 1.88. The summed E-state index contributed by atoms with van der Waals surface area (Å²) in [7, 11) is 1.18. The molecule has 0 aromatic heterocycles. The lowest BCUT2D eigenvalue weighted by molar-refractivity contribution is -0.139. The van der Waals surface area contributed by atoms with Crippen molar-refractivity contribution in [1.82, 2.24) is 0 Å². The van der Waals surface area contributed by atoms with E-state index in [9.17, 15) is 4.79 Å². The summed E-state index contributed by atoms with van der Waals surface area (Å²) in [4.78, 5) is 10.2. The summed E-state index contributed by atoms with van der Waals surface area (Å²) in [6, 6.07) is 0. The monoisotopic (exact) mass is 134 g/mol. The molecule has 4 heteroatoms. The number of hydrogen-bond donors (Lipinski definition) is 2. The predicted molar refractivity (Wildman–Crippen MR) is 31.7 cm³/mol. The van der Waals surface area contributed by atoms with Gasteiger partial charge in [-0.25, -0.2) is 4.79 Å². The molecule has 0 aliphatic carbocycles. The topological polar surface area (TPSA) is 46.5 Å². The van der Waals surface area contributed by atoms with Gasteiger partial charge in [-0.2, -0.15) is 0 Å². The molecule has 3 nitrogen and oxygen atoms in total. The first-order chi connectivity index (χ1) is 3.72. The zero-order valence-corrected chi connectivity index (χ0v) is 5.18. The van der Waals surface area contributed by atoms with Crippen LogP contribution in [0.5, 0.6) is 0 Å². The first-order valence-corrected chi connectivity index (χ1v) is 2.35. The van der Waals surface area contributed by atoms with Crippen LogP contribution < -0.4 is 0 Å². The zero-order chi connectivity index (χ0) is 6.57. The summed E-state index contributed by atoms with van der Waals surface area (Å²) in [6.07, 6.45) is 0. The highest BCUT2D eigenvalue weighted by molar-refractivity contribution is 7.83. The van der Waals surface area contributed by atoms with E-state index in [4.69, 9.17) is 5.11 Å². The van der Waals surface area contributed by atoms with E-state index >= 15 is 0 Å². The van der Waals surface area contributed by atoms with Gasteiger partial charge in [0.25, 0.3) is 0 Å². The summed E-state index contributed by atoms with van der Waals surface area (Å²) in [6.45, 7) is 0. The molecule has 0 saturated heterocycles. The van der Waals surface area contributed by atoms with Crippen molar-refractivity contribution in [1.29, 1.82) is 0 Å². The van der Waals surface area contributed by atoms with Crippen LogP contribution in [0, 0.1) is 0 Å².